The number of hydrogen-bond donors (Lipinski definition) is 3. The number of nitrogens with zero attached hydrogens (tertiary/aromatic N) is 2. The van der Waals surface area contributed by atoms with Gasteiger partial charge in [-0.2, -0.15) is 0 Å². The summed E-state index contributed by atoms with van der Waals surface area (Å²) in [5.74, 6) is 0.628. The van der Waals surface area contributed by atoms with Crippen molar-refractivity contribution in [2.45, 2.75) is 45.7 Å². The molecule has 0 aromatic heterocycles. The van der Waals surface area contributed by atoms with Crippen LogP contribution in [0.4, 0.5) is 10.5 Å². The molecule has 1 saturated heterocycles. The molecule has 0 spiro atoms. The number of hydrogen-bond acceptors (Lipinski definition) is 2. The van der Waals surface area contributed by atoms with Gasteiger partial charge in [0, 0.05) is 24.8 Å². The van der Waals surface area contributed by atoms with E-state index in [1.54, 1.807) is 0 Å². The fraction of sp³-hybridized carbons (Fsp3) is 0.529. The number of aliphatic imine (C=N–C) groups is 1. The van der Waals surface area contributed by atoms with Crippen LogP contribution in [-0.4, -0.2) is 36.0 Å². The molecule has 1 heterocycles. The number of piperidine rings is 1. The first kappa shape index (κ1) is 20.5. The second kappa shape index (κ2) is 10.4. The number of halogens is 1. The van der Waals surface area contributed by atoms with E-state index in [4.69, 9.17) is 5.73 Å². The summed E-state index contributed by atoms with van der Waals surface area (Å²) >= 11 is 0. The summed E-state index contributed by atoms with van der Waals surface area (Å²) in [4.78, 5) is 18.2. The van der Waals surface area contributed by atoms with Crippen LogP contribution in [0.15, 0.2) is 29.3 Å². The van der Waals surface area contributed by atoms with E-state index in [1.165, 1.54) is 19.3 Å². The summed E-state index contributed by atoms with van der Waals surface area (Å²) < 4.78 is 0. The van der Waals surface area contributed by atoms with Crippen molar-refractivity contribution < 1.29 is 4.79 Å². The van der Waals surface area contributed by atoms with Gasteiger partial charge in [-0.1, -0.05) is 12.1 Å². The van der Waals surface area contributed by atoms with Crippen LogP contribution in [0.1, 0.15) is 38.7 Å². The Hall–Kier alpha value is -1.51. The lowest BCUT2D eigenvalue weighted by atomic mass is 10.1. The molecule has 0 bridgehead atoms. The predicted octanol–water partition coefficient (Wildman–Crippen LogP) is 3.14. The number of nitrogens with two attached hydrogens (primary N) is 1. The molecule has 1 fully saturated rings. The number of urea groups is 1. The van der Waals surface area contributed by atoms with Crippen molar-refractivity contribution in [3.05, 3.63) is 29.8 Å². The van der Waals surface area contributed by atoms with E-state index in [1.807, 2.05) is 38.1 Å². The van der Waals surface area contributed by atoms with E-state index >= 15 is 0 Å². The molecule has 1 aromatic rings. The second-order valence-electron chi connectivity index (χ2n) is 6.17. The molecule has 2 rings (SSSR count). The summed E-state index contributed by atoms with van der Waals surface area (Å²) in [5, 5.41) is 5.59. The number of carbonyl (C=O) groups excluding carboxylic acids is 1. The molecule has 2 amide bonds. The highest BCUT2D eigenvalue weighted by Gasteiger charge is 2.11. The average Bonchev–Trinajstić information content (AvgIpc) is 2.54. The van der Waals surface area contributed by atoms with Crippen molar-refractivity contribution in [1.82, 2.24) is 10.2 Å². The van der Waals surface area contributed by atoms with Gasteiger partial charge in [-0.3, -0.25) is 0 Å². The minimum atomic E-state index is -0.194. The summed E-state index contributed by atoms with van der Waals surface area (Å²) in [6.07, 6.45) is 3.66. The third kappa shape index (κ3) is 6.94. The van der Waals surface area contributed by atoms with E-state index in [0.717, 1.165) is 24.3 Å². The minimum absolute atomic E-state index is 0. The smallest absolute Gasteiger partial charge is 0.319 e. The molecule has 1 aliphatic heterocycles. The van der Waals surface area contributed by atoms with Crippen LogP contribution in [0, 0.1) is 0 Å². The highest BCUT2D eigenvalue weighted by molar-refractivity contribution is 14.0. The number of benzene rings is 1. The number of amides is 2. The van der Waals surface area contributed by atoms with Crippen molar-refractivity contribution in [2.24, 2.45) is 10.7 Å². The number of rotatable bonds is 4. The normalized spacial score (nSPS) is 15.0. The molecule has 0 saturated carbocycles. The van der Waals surface area contributed by atoms with Gasteiger partial charge in [-0.05, 0) is 50.8 Å². The fourth-order valence-corrected chi connectivity index (χ4v) is 2.52. The third-order valence-corrected chi connectivity index (χ3v) is 3.74. The number of carbonyl (C=O) groups is 1. The van der Waals surface area contributed by atoms with E-state index in [2.05, 4.69) is 20.5 Å². The van der Waals surface area contributed by atoms with Gasteiger partial charge in [-0.25, -0.2) is 9.79 Å². The molecule has 6 nitrogen and oxygen atoms in total. The molecular weight excluding hydrogens is 417 g/mol. The maximum atomic E-state index is 11.6. The Morgan fingerprint density at radius 3 is 2.42 bits per heavy atom. The first-order chi connectivity index (χ1) is 11.0. The molecule has 0 atom stereocenters. The summed E-state index contributed by atoms with van der Waals surface area (Å²) in [5.41, 5.74) is 7.88. The Morgan fingerprint density at radius 1 is 1.21 bits per heavy atom. The van der Waals surface area contributed by atoms with Gasteiger partial charge in [0.05, 0.1) is 6.54 Å². The number of likely N-dealkylation sites (tertiary alicyclic amines) is 1. The van der Waals surface area contributed by atoms with Crippen molar-refractivity contribution in [3.63, 3.8) is 0 Å². The Kier molecular flexibility index (Phi) is 8.88. The monoisotopic (exact) mass is 445 g/mol. The van der Waals surface area contributed by atoms with E-state index in [9.17, 15) is 4.79 Å². The zero-order valence-corrected chi connectivity index (χ0v) is 16.7. The van der Waals surface area contributed by atoms with Crippen LogP contribution >= 0.6 is 24.0 Å². The Morgan fingerprint density at radius 2 is 1.83 bits per heavy atom. The van der Waals surface area contributed by atoms with Crippen molar-refractivity contribution in [2.75, 3.05) is 18.4 Å². The van der Waals surface area contributed by atoms with E-state index in [-0.39, 0.29) is 36.0 Å². The maximum absolute atomic E-state index is 11.6. The molecule has 134 valence electrons. The zero-order chi connectivity index (χ0) is 16.7. The number of nitrogens with one attached hydrogen (secondary N) is 2. The highest BCUT2D eigenvalue weighted by atomic mass is 127. The van der Waals surface area contributed by atoms with Gasteiger partial charge in [0.1, 0.15) is 0 Å². The lowest BCUT2D eigenvalue weighted by Crippen LogP contribution is -2.40. The molecular formula is C17H28IN5O. The lowest BCUT2D eigenvalue weighted by Gasteiger charge is -2.27. The molecule has 1 aliphatic rings. The predicted molar refractivity (Wildman–Crippen MR) is 110 cm³/mol. The van der Waals surface area contributed by atoms with Crippen LogP contribution in [-0.2, 0) is 6.54 Å². The largest absolute Gasteiger partial charge is 0.370 e. The number of guanidine groups is 1. The highest BCUT2D eigenvalue weighted by Crippen LogP contribution is 2.12. The van der Waals surface area contributed by atoms with Gasteiger partial charge < -0.3 is 21.3 Å². The van der Waals surface area contributed by atoms with Crippen LogP contribution in [0.3, 0.4) is 0 Å². The fourth-order valence-electron chi connectivity index (χ4n) is 2.52. The second-order valence-corrected chi connectivity index (χ2v) is 6.17. The molecule has 4 N–H and O–H groups in total. The van der Waals surface area contributed by atoms with Crippen molar-refractivity contribution in [3.8, 4) is 0 Å². The van der Waals surface area contributed by atoms with Crippen molar-refractivity contribution in [1.29, 1.82) is 0 Å². The minimum Gasteiger partial charge on any atom is -0.370 e. The van der Waals surface area contributed by atoms with Crippen LogP contribution in [0.2, 0.25) is 0 Å². The molecule has 0 aliphatic carbocycles. The van der Waals surface area contributed by atoms with Gasteiger partial charge >= 0.3 is 6.03 Å². The quantitative estimate of drug-likeness (QED) is 0.378. The Bertz CT molecular complexity index is 538. The zero-order valence-electron chi connectivity index (χ0n) is 14.4. The summed E-state index contributed by atoms with van der Waals surface area (Å²) in [6.45, 7) is 6.41. The Balaban J connectivity index is 0.00000288. The van der Waals surface area contributed by atoms with Gasteiger partial charge in [0.15, 0.2) is 5.96 Å². The van der Waals surface area contributed by atoms with Crippen LogP contribution < -0.4 is 16.4 Å². The topological polar surface area (TPSA) is 82.8 Å². The summed E-state index contributed by atoms with van der Waals surface area (Å²) in [7, 11) is 0. The van der Waals surface area contributed by atoms with Gasteiger partial charge in [0.2, 0.25) is 0 Å². The van der Waals surface area contributed by atoms with Gasteiger partial charge in [-0.15, -0.1) is 24.0 Å². The first-order valence-electron chi connectivity index (χ1n) is 8.26. The standard InChI is InChI=1S/C17H27N5O.HI/c1-13(2)20-17(23)21-15-8-6-14(7-9-15)12-19-16(18)22-10-4-3-5-11-22;/h6-9,13H,3-5,10-12H2,1-2H3,(H2,18,19)(H2,20,21,23);1H. The summed E-state index contributed by atoms with van der Waals surface area (Å²) in [6, 6.07) is 7.58. The maximum Gasteiger partial charge on any atom is 0.319 e. The average molecular weight is 445 g/mol. The number of anilines is 1. The molecule has 24 heavy (non-hydrogen) atoms. The van der Waals surface area contributed by atoms with E-state index < -0.39 is 0 Å². The van der Waals surface area contributed by atoms with E-state index in [0.29, 0.717) is 12.5 Å². The molecule has 0 unspecified atom stereocenters. The molecule has 1 aromatic carbocycles. The Labute approximate surface area is 161 Å². The lowest BCUT2D eigenvalue weighted by molar-refractivity contribution is 0.250. The molecule has 0 radical (unpaired) electrons. The van der Waals surface area contributed by atoms with Crippen molar-refractivity contribution >= 4 is 41.7 Å². The van der Waals surface area contributed by atoms with Crippen LogP contribution in [0.25, 0.3) is 0 Å². The first-order valence-corrected chi connectivity index (χ1v) is 8.26. The van der Waals surface area contributed by atoms with Gasteiger partial charge in [0.25, 0.3) is 0 Å². The SMILES string of the molecule is CC(C)NC(=O)Nc1ccc(CN=C(N)N2CCCCC2)cc1.I. The molecule has 7 heteroatoms. The third-order valence-electron chi connectivity index (χ3n) is 3.74. The van der Waals surface area contributed by atoms with Crippen LogP contribution in [0.5, 0.6) is 0 Å².